The Morgan fingerprint density at radius 3 is 2.95 bits per heavy atom. The van der Waals surface area contributed by atoms with Crippen LogP contribution in [0.4, 0.5) is 5.69 Å². The largest absolute Gasteiger partial charge is 0.480 e. The number of carboxylic acids is 1. The first-order valence-electron chi connectivity index (χ1n) is 6.20. The molecule has 0 aliphatic carbocycles. The van der Waals surface area contributed by atoms with Gasteiger partial charge in [-0.25, -0.2) is 9.78 Å². The van der Waals surface area contributed by atoms with Crippen molar-refractivity contribution in [2.24, 2.45) is 7.05 Å². The average molecular weight is 257 g/mol. The van der Waals surface area contributed by atoms with E-state index in [1.807, 2.05) is 47.0 Å². The molecule has 2 aromatic rings. The SMILES string of the molecule is Cn1ccnc1CN1c2ccccc2CC1C(=O)O. The van der Waals surface area contributed by atoms with Gasteiger partial charge in [0.15, 0.2) is 0 Å². The van der Waals surface area contributed by atoms with Crippen molar-refractivity contribution in [3.05, 3.63) is 48.0 Å². The number of para-hydroxylation sites is 1. The van der Waals surface area contributed by atoms with Gasteiger partial charge in [0.2, 0.25) is 0 Å². The molecule has 0 amide bonds. The van der Waals surface area contributed by atoms with Gasteiger partial charge in [-0.05, 0) is 11.6 Å². The molecule has 1 unspecified atom stereocenters. The summed E-state index contributed by atoms with van der Waals surface area (Å²) in [5, 5.41) is 9.38. The van der Waals surface area contributed by atoms with Crippen LogP contribution in [0.3, 0.4) is 0 Å². The number of nitrogens with zero attached hydrogens (tertiary/aromatic N) is 3. The highest BCUT2D eigenvalue weighted by Gasteiger charge is 2.34. The standard InChI is InChI=1S/C14H15N3O2/c1-16-7-6-15-13(16)9-17-11-5-3-2-4-10(11)8-12(17)14(18)19/h2-7,12H,8-9H2,1H3,(H,18,19). The molecule has 19 heavy (non-hydrogen) atoms. The Morgan fingerprint density at radius 1 is 1.47 bits per heavy atom. The van der Waals surface area contributed by atoms with Gasteiger partial charge in [0.05, 0.1) is 6.54 Å². The molecule has 0 radical (unpaired) electrons. The Balaban J connectivity index is 1.96. The number of rotatable bonds is 3. The molecule has 1 aromatic heterocycles. The van der Waals surface area contributed by atoms with Crippen LogP contribution in [-0.2, 0) is 24.8 Å². The fourth-order valence-electron chi connectivity index (χ4n) is 2.57. The van der Waals surface area contributed by atoms with E-state index in [9.17, 15) is 9.90 Å². The van der Waals surface area contributed by atoms with Gasteiger partial charge in [-0.2, -0.15) is 0 Å². The molecule has 2 heterocycles. The lowest BCUT2D eigenvalue weighted by Crippen LogP contribution is -2.38. The van der Waals surface area contributed by atoms with Crippen molar-refractivity contribution < 1.29 is 9.90 Å². The molecule has 5 heteroatoms. The molecule has 0 fully saturated rings. The van der Waals surface area contributed by atoms with Gasteiger partial charge in [-0.3, -0.25) is 0 Å². The molecule has 0 spiro atoms. The van der Waals surface area contributed by atoms with Crippen LogP contribution in [0.5, 0.6) is 0 Å². The first-order valence-corrected chi connectivity index (χ1v) is 6.20. The Bertz CT molecular complexity index is 621. The lowest BCUT2D eigenvalue weighted by Gasteiger charge is -2.24. The van der Waals surface area contributed by atoms with Crippen LogP contribution in [0.25, 0.3) is 0 Å². The first-order chi connectivity index (χ1) is 9.16. The second-order valence-corrected chi connectivity index (χ2v) is 4.77. The summed E-state index contributed by atoms with van der Waals surface area (Å²) in [6.07, 6.45) is 4.15. The zero-order valence-corrected chi connectivity index (χ0v) is 10.7. The summed E-state index contributed by atoms with van der Waals surface area (Å²) in [4.78, 5) is 17.6. The zero-order chi connectivity index (χ0) is 13.4. The van der Waals surface area contributed by atoms with E-state index in [1.165, 1.54) is 0 Å². The summed E-state index contributed by atoms with van der Waals surface area (Å²) in [5.41, 5.74) is 2.09. The van der Waals surface area contributed by atoms with Crippen molar-refractivity contribution in [2.75, 3.05) is 4.90 Å². The highest BCUT2D eigenvalue weighted by molar-refractivity contribution is 5.82. The second-order valence-electron chi connectivity index (χ2n) is 4.77. The van der Waals surface area contributed by atoms with Gasteiger partial charge in [-0.1, -0.05) is 18.2 Å². The fraction of sp³-hybridized carbons (Fsp3) is 0.286. The number of carbonyl (C=O) groups is 1. The van der Waals surface area contributed by atoms with Crippen molar-refractivity contribution in [1.82, 2.24) is 9.55 Å². The molecule has 1 N–H and O–H groups in total. The number of fused-ring (bicyclic) bond motifs is 1. The van der Waals surface area contributed by atoms with Gasteiger partial charge < -0.3 is 14.6 Å². The first kappa shape index (κ1) is 11.8. The maximum atomic E-state index is 11.4. The number of carboxylic acid groups (broad SMARTS) is 1. The van der Waals surface area contributed by atoms with E-state index in [-0.39, 0.29) is 0 Å². The van der Waals surface area contributed by atoms with E-state index in [0.29, 0.717) is 13.0 Å². The third kappa shape index (κ3) is 1.97. The zero-order valence-electron chi connectivity index (χ0n) is 10.7. The average Bonchev–Trinajstić information content (AvgIpc) is 2.95. The number of benzene rings is 1. The van der Waals surface area contributed by atoms with Crippen LogP contribution in [0.1, 0.15) is 11.4 Å². The molecule has 0 saturated carbocycles. The van der Waals surface area contributed by atoms with Gasteiger partial charge in [-0.15, -0.1) is 0 Å². The summed E-state index contributed by atoms with van der Waals surface area (Å²) in [6.45, 7) is 0.511. The molecule has 0 saturated heterocycles. The van der Waals surface area contributed by atoms with Crippen LogP contribution in [-0.4, -0.2) is 26.7 Å². The lowest BCUT2D eigenvalue weighted by molar-refractivity contribution is -0.138. The molecule has 1 aliphatic heterocycles. The van der Waals surface area contributed by atoms with Crippen LogP contribution in [0.15, 0.2) is 36.7 Å². The molecular formula is C14H15N3O2. The predicted molar refractivity (Wildman–Crippen MR) is 71.0 cm³/mol. The third-order valence-electron chi connectivity index (χ3n) is 3.61. The monoisotopic (exact) mass is 257 g/mol. The number of aromatic nitrogens is 2. The van der Waals surface area contributed by atoms with Crippen molar-refractivity contribution in [1.29, 1.82) is 0 Å². The molecule has 0 bridgehead atoms. The van der Waals surface area contributed by atoms with E-state index in [2.05, 4.69) is 4.98 Å². The third-order valence-corrected chi connectivity index (χ3v) is 3.61. The summed E-state index contributed by atoms with van der Waals surface area (Å²) in [7, 11) is 1.92. The van der Waals surface area contributed by atoms with Crippen LogP contribution in [0, 0.1) is 0 Å². The highest BCUT2D eigenvalue weighted by Crippen LogP contribution is 2.33. The minimum absolute atomic E-state index is 0.505. The fourth-order valence-corrected chi connectivity index (χ4v) is 2.57. The summed E-state index contributed by atoms with van der Waals surface area (Å²) in [6, 6.07) is 7.34. The minimum Gasteiger partial charge on any atom is -0.480 e. The molecule has 5 nitrogen and oxygen atoms in total. The number of hydrogen-bond acceptors (Lipinski definition) is 3. The van der Waals surface area contributed by atoms with Crippen LogP contribution >= 0.6 is 0 Å². The number of aryl methyl sites for hydroxylation is 1. The number of anilines is 1. The molecule has 1 aliphatic rings. The smallest absolute Gasteiger partial charge is 0.326 e. The minimum atomic E-state index is -0.787. The number of hydrogen-bond donors (Lipinski definition) is 1. The molecule has 1 aromatic carbocycles. The Hall–Kier alpha value is -2.30. The van der Waals surface area contributed by atoms with Crippen molar-refractivity contribution in [3.63, 3.8) is 0 Å². The van der Waals surface area contributed by atoms with Crippen molar-refractivity contribution >= 4 is 11.7 Å². The number of imidazole rings is 1. The maximum absolute atomic E-state index is 11.4. The van der Waals surface area contributed by atoms with Crippen molar-refractivity contribution in [3.8, 4) is 0 Å². The Labute approximate surface area is 111 Å². The summed E-state index contributed by atoms with van der Waals surface area (Å²) in [5.74, 6) is 0.0772. The van der Waals surface area contributed by atoms with E-state index in [4.69, 9.17) is 0 Å². The maximum Gasteiger partial charge on any atom is 0.326 e. The van der Waals surface area contributed by atoms with E-state index in [0.717, 1.165) is 17.1 Å². The van der Waals surface area contributed by atoms with E-state index < -0.39 is 12.0 Å². The lowest BCUT2D eigenvalue weighted by atomic mass is 10.1. The summed E-state index contributed by atoms with van der Waals surface area (Å²) >= 11 is 0. The quantitative estimate of drug-likeness (QED) is 0.903. The van der Waals surface area contributed by atoms with E-state index in [1.54, 1.807) is 6.20 Å². The second kappa shape index (κ2) is 4.42. The molecular weight excluding hydrogens is 242 g/mol. The van der Waals surface area contributed by atoms with Crippen LogP contribution < -0.4 is 4.90 Å². The molecule has 1 atom stereocenters. The molecule has 3 rings (SSSR count). The number of aliphatic carboxylic acids is 1. The highest BCUT2D eigenvalue weighted by atomic mass is 16.4. The normalized spacial score (nSPS) is 17.5. The topological polar surface area (TPSA) is 58.4 Å². The van der Waals surface area contributed by atoms with Gasteiger partial charge in [0.1, 0.15) is 11.9 Å². The van der Waals surface area contributed by atoms with Crippen LogP contribution in [0.2, 0.25) is 0 Å². The molecule has 98 valence electrons. The van der Waals surface area contributed by atoms with Gasteiger partial charge in [0, 0.05) is 31.5 Å². The van der Waals surface area contributed by atoms with Crippen molar-refractivity contribution in [2.45, 2.75) is 19.0 Å². The Morgan fingerprint density at radius 2 is 2.26 bits per heavy atom. The van der Waals surface area contributed by atoms with Gasteiger partial charge >= 0.3 is 5.97 Å². The Kier molecular flexibility index (Phi) is 2.74. The summed E-state index contributed by atoms with van der Waals surface area (Å²) < 4.78 is 1.92. The van der Waals surface area contributed by atoms with Gasteiger partial charge in [0.25, 0.3) is 0 Å². The predicted octanol–water partition coefficient (Wildman–Crippen LogP) is 1.44. The van der Waals surface area contributed by atoms with E-state index >= 15 is 0 Å².